The van der Waals surface area contributed by atoms with Gasteiger partial charge in [0.15, 0.2) is 0 Å². The van der Waals surface area contributed by atoms with E-state index in [1.807, 2.05) is 5.38 Å². The van der Waals surface area contributed by atoms with Gasteiger partial charge in [0.1, 0.15) is 5.54 Å². The van der Waals surface area contributed by atoms with E-state index in [0.29, 0.717) is 0 Å². The molecule has 2 rings (SSSR count). The molecule has 1 unspecified atom stereocenters. The molecule has 2 heterocycles. The van der Waals surface area contributed by atoms with Crippen LogP contribution in [0.2, 0.25) is 0 Å². The normalized spacial score (nSPS) is 27.3. The van der Waals surface area contributed by atoms with E-state index in [4.69, 9.17) is 5.26 Å². The number of thiazole rings is 1. The SMILES string of the molecule is N#CC1(Cc2nccs2)CCCN1. The summed E-state index contributed by atoms with van der Waals surface area (Å²) in [5.74, 6) is 0. The van der Waals surface area contributed by atoms with Gasteiger partial charge >= 0.3 is 0 Å². The molecule has 1 fully saturated rings. The molecular formula is C9H11N3S. The van der Waals surface area contributed by atoms with Crippen LogP contribution in [0.15, 0.2) is 11.6 Å². The third kappa shape index (κ3) is 1.71. The fraction of sp³-hybridized carbons (Fsp3) is 0.556. The largest absolute Gasteiger partial charge is 0.299 e. The van der Waals surface area contributed by atoms with Gasteiger partial charge in [0.2, 0.25) is 0 Å². The Morgan fingerprint density at radius 3 is 3.23 bits per heavy atom. The first-order valence-corrected chi connectivity index (χ1v) is 5.27. The predicted molar refractivity (Wildman–Crippen MR) is 51.4 cm³/mol. The first-order chi connectivity index (χ1) is 6.35. The molecule has 0 saturated carbocycles. The topological polar surface area (TPSA) is 48.7 Å². The highest BCUT2D eigenvalue weighted by molar-refractivity contribution is 7.09. The molecule has 0 spiro atoms. The van der Waals surface area contributed by atoms with Crippen LogP contribution in [0, 0.1) is 11.3 Å². The van der Waals surface area contributed by atoms with Crippen molar-refractivity contribution in [2.75, 3.05) is 6.54 Å². The van der Waals surface area contributed by atoms with Crippen molar-refractivity contribution in [2.45, 2.75) is 24.8 Å². The number of hydrogen-bond donors (Lipinski definition) is 1. The molecule has 4 heteroatoms. The van der Waals surface area contributed by atoms with Gasteiger partial charge in [-0.1, -0.05) is 0 Å². The maximum absolute atomic E-state index is 9.08. The molecule has 0 aromatic carbocycles. The van der Waals surface area contributed by atoms with Crippen molar-refractivity contribution in [3.05, 3.63) is 16.6 Å². The summed E-state index contributed by atoms with van der Waals surface area (Å²) in [6.07, 6.45) is 4.59. The second-order valence-corrected chi connectivity index (χ2v) is 4.31. The van der Waals surface area contributed by atoms with Crippen LogP contribution in [0.5, 0.6) is 0 Å². The maximum Gasteiger partial charge on any atom is 0.113 e. The smallest absolute Gasteiger partial charge is 0.113 e. The number of aromatic nitrogens is 1. The van der Waals surface area contributed by atoms with E-state index in [0.717, 1.165) is 30.8 Å². The zero-order valence-electron chi connectivity index (χ0n) is 7.29. The Labute approximate surface area is 81.4 Å². The summed E-state index contributed by atoms with van der Waals surface area (Å²) < 4.78 is 0. The van der Waals surface area contributed by atoms with Gasteiger partial charge in [0, 0.05) is 18.0 Å². The number of nitrogens with zero attached hydrogens (tertiary/aromatic N) is 2. The highest BCUT2D eigenvalue weighted by Gasteiger charge is 2.34. The van der Waals surface area contributed by atoms with Crippen molar-refractivity contribution in [1.82, 2.24) is 10.3 Å². The lowest BCUT2D eigenvalue weighted by Gasteiger charge is -2.18. The average molecular weight is 193 g/mol. The second kappa shape index (κ2) is 3.44. The van der Waals surface area contributed by atoms with Gasteiger partial charge in [0.25, 0.3) is 0 Å². The Hall–Kier alpha value is -0.920. The van der Waals surface area contributed by atoms with Crippen LogP contribution in [0.3, 0.4) is 0 Å². The van der Waals surface area contributed by atoms with Crippen molar-refractivity contribution >= 4 is 11.3 Å². The molecule has 0 radical (unpaired) electrons. The summed E-state index contributed by atoms with van der Waals surface area (Å²) in [4.78, 5) is 4.20. The van der Waals surface area contributed by atoms with Gasteiger partial charge in [-0.15, -0.1) is 11.3 Å². The number of hydrogen-bond acceptors (Lipinski definition) is 4. The fourth-order valence-electron chi connectivity index (χ4n) is 1.69. The van der Waals surface area contributed by atoms with Crippen LogP contribution in [0.25, 0.3) is 0 Å². The maximum atomic E-state index is 9.08. The van der Waals surface area contributed by atoms with E-state index < -0.39 is 0 Å². The molecule has 3 nitrogen and oxygen atoms in total. The van der Waals surface area contributed by atoms with E-state index >= 15 is 0 Å². The van der Waals surface area contributed by atoms with E-state index in [2.05, 4.69) is 16.4 Å². The summed E-state index contributed by atoms with van der Waals surface area (Å²) in [7, 11) is 0. The predicted octanol–water partition coefficient (Wildman–Crippen LogP) is 1.33. The molecule has 0 amide bonds. The third-order valence-electron chi connectivity index (χ3n) is 2.39. The van der Waals surface area contributed by atoms with Crippen LogP contribution < -0.4 is 5.32 Å². The molecule has 0 aliphatic carbocycles. The lowest BCUT2D eigenvalue weighted by atomic mass is 9.96. The summed E-state index contributed by atoms with van der Waals surface area (Å²) >= 11 is 1.62. The molecule has 1 atom stereocenters. The molecule has 13 heavy (non-hydrogen) atoms. The minimum atomic E-state index is -0.335. The molecule has 1 aliphatic rings. The zero-order valence-corrected chi connectivity index (χ0v) is 8.10. The summed E-state index contributed by atoms with van der Waals surface area (Å²) in [5, 5.41) is 15.3. The van der Waals surface area contributed by atoms with Crippen molar-refractivity contribution in [2.24, 2.45) is 0 Å². The van der Waals surface area contributed by atoms with Crippen LogP contribution in [0.4, 0.5) is 0 Å². The molecular weight excluding hydrogens is 182 g/mol. The summed E-state index contributed by atoms with van der Waals surface area (Å²) in [6.45, 7) is 0.957. The standard InChI is InChI=1S/C9H11N3S/c10-7-9(2-1-3-12-9)6-8-11-4-5-13-8/h4-5,12H,1-3,6H2. The molecule has 1 aromatic rings. The first-order valence-electron chi connectivity index (χ1n) is 4.39. The molecule has 1 aliphatic heterocycles. The average Bonchev–Trinajstić information content (AvgIpc) is 2.77. The van der Waals surface area contributed by atoms with Crippen molar-refractivity contribution in [3.63, 3.8) is 0 Å². The summed E-state index contributed by atoms with van der Waals surface area (Å²) in [5.41, 5.74) is -0.335. The fourth-order valence-corrected chi connectivity index (χ4v) is 2.42. The monoisotopic (exact) mass is 193 g/mol. The van der Waals surface area contributed by atoms with E-state index in [-0.39, 0.29) is 5.54 Å². The zero-order chi connectivity index (χ0) is 9.15. The molecule has 0 bridgehead atoms. The van der Waals surface area contributed by atoms with Gasteiger partial charge < -0.3 is 0 Å². The molecule has 68 valence electrons. The Morgan fingerprint density at radius 1 is 1.77 bits per heavy atom. The first kappa shape index (κ1) is 8.67. The van der Waals surface area contributed by atoms with Crippen molar-refractivity contribution < 1.29 is 0 Å². The minimum Gasteiger partial charge on any atom is -0.299 e. The Morgan fingerprint density at radius 2 is 2.69 bits per heavy atom. The Balaban J connectivity index is 2.11. The van der Waals surface area contributed by atoms with Gasteiger partial charge in [-0.05, 0) is 19.4 Å². The van der Waals surface area contributed by atoms with Crippen LogP contribution in [-0.2, 0) is 6.42 Å². The van der Waals surface area contributed by atoms with Crippen molar-refractivity contribution in [3.8, 4) is 6.07 Å². The highest BCUT2D eigenvalue weighted by atomic mass is 32.1. The van der Waals surface area contributed by atoms with Gasteiger partial charge in [-0.25, -0.2) is 4.98 Å². The third-order valence-corrected chi connectivity index (χ3v) is 3.17. The van der Waals surface area contributed by atoms with Crippen LogP contribution in [-0.4, -0.2) is 17.1 Å². The lowest BCUT2D eigenvalue weighted by molar-refractivity contribution is 0.479. The highest BCUT2D eigenvalue weighted by Crippen LogP contribution is 2.23. The quantitative estimate of drug-likeness (QED) is 0.771. The van der Waals surface area contributed by atoms with Gasteiger partial charge in [-0.2, -0.15) is 5.26 Å². The van der Waals surface area contributed by atoms with Crippen molar-refractivity contribution in [1.29, 1.82) is 5.26 Å². The summed E-state index contributed by atoms with van der Waals surface area (Å²) in [6, 6.07) is 2.37. The Kier molecular flexibility index (Phi) is 2.30. The minimum absolute atomic E-state index is 0.335. The molecule has 1 saturated heterocycles. The second-order valence-electron chi connectivity index (χ2n) is 3.33. The molecule has 1 N–H and O–H groups in total. The number of rotatable bonds is 2. The van der Waals surface area contributed by atoms with E-state index in [1.54, 1.807) is 17.5 Å². The molecule has 1 aromatic heterocycles. The Bertz CT molecular complexity index is 306. The van der Waals surface area contributed by atoms with Crippen LogP contribution >= 0.6 is 11.3 Å². The van der Waals surface area contributed by atoms with Gasteiger partial charge in [0.05, 0.1) is 11.1 Å². The number of nitriles is 1. The van der Waals surface area contributed by atoms with Gasteiger partial charge in [-0.3, -0.25) is 5.32 Å². The van der Waals surface area contributed by atoms with E-state index in [1.165, 1.54) is 0 Å². The number of nitrogens with one attached hydrogen (secondary N) is 1. The van der Waals surface area contributed by atoms with Crippen LogP contribution in [0.1, 0.15) is 17.8 Å². The van der Waals surface area contributed by atoms with E-state index in [9.17, 15) is 0 Å². The lowest BCUT2D eigenvalue weighted by Crippen LogP contribution is -2.40.